The number of hydroxylamine groups is 1. The minimum atomic E-state index is 0.181. The second-order valence-corrected chi connectivity index (χ2v) is 1.69. The molecule has 1 rings (SSSR count). The van der Waals surface area contributed by atoms with Crippen LogP contribution in [-0.2, 0) is 4.74 Å². The minimum Gasteiger partial charge on any atom is -0.380 e. The molecule has 7 heavy (non-hydrogen) atoms. The summed E-state index contributed by atoms with van der Waals surface area (Å²) in [4.78, 5) is 0. The Morgan fingerprint density at radius 1 is 1.71 bits per heavy atom. The molecule has 3 heteroatoms. The lowest BCUT2D eigenvalue weighted by Gasteiger charge is -1.99. The van der Waals surface area contributed by atoms with Gasteiger partial charge in [-0.3, -0.25) is 0 Å². The van der Waals surface area contributed by atoms with Gasteiger partial charge in [0.25, 0.3) is 0 Å². The molecule has 0 aromatic heterocycles. The zero-order valence-electron chi connectivity index (χ0n) is 4.05. The fourth-order valence-corrected chi connectivity index (χ4v) is 0.636. The number of ether oxygens (including phenoxy) is 1. The molecule has 0 amide bonds. The van der Waals surface area contributed by atoms with Crippen LogP contribution >= 0.6 is 0 Å². The summed E-state index contributed by atoms with van der Waals surface area (Å²) in [7, 11) is 0. The molecule has 1 atom stereocenters. The second kappa shape index (κ2) is 2.26. The van der Waals surface area contributed by atoms with E-state index in [2.05, 4.69) is 5.48 Å². The van der Waals surface area contributed by atoms with E-state index in [4.69, 9.17) is 9.94 Å². The summed E-state index contributed by atoms with van der Waals surface area (Å²) >= 11 is 0. The van der Waals surface area contributed by atoms with E-state index >= 15 is 0 Å². The third-order valence-corrected chi connectivity index (χ3v) is 1.11. The molecule has 1 heterocycles. The molecule has 0 saturated carbocycles. The van der Waals surface area contributed by atoms with Crippen LogP contribution in [0.15, 0.2) is 0 Å². The van der Waals surface area contributed by atoms with Crippen LogP contribution in [0.4, 0.5) is 0 Å². The van der Waals surface area contributed by atoms with Gasteiger partial charge in [0.15, 0.2) is 0 Å². The first kappa shape index (κ1) is 5.03. The molecule has 0 bridgehead atoms. The Balaban J connectivity index is 2.14. The summed E-state index contributed by atoms with van der Waals surface area (Å²) in [5.41, 5.74) is 2.14. The number of rotatable bonds is 1. The first-order valence-electron chi connectivity index (χ1n) is 2.41. The molecule has 0 aliphatic carbocycles. The molecular formula is C4H9NO2. The van der Waals surface area contributed by atoms with E-state index in [9.17, 15) is 0 Å². The quantitative estimate of drug-likeness (QED) is 0.450. The monoisotopic (exact) mass is 103 g/mol. The van der Waals surface area contributed by atoms with Gasteiger partial charge in [-0.2, -0.15) is 0 Å². The largest absolute Gasteiger partial charge is 0.380 e. The fourth-order valence-electron chi connectivity index (χ4n) is 0.636. The lowest BCUT2D eigenvalue weighted by atomic mass is 10.3. The maximum atomic E-state index is 8.24. The normalized spacial score (nSPS) is 31.3. The smallest absolute Gasteiger partial charge is 0.0643 e. The Bertz CT molecular complexity index is 51.7. The van der Waals surface area contributed by atoms with Crippen LogP contribution in [-0.4, -0.2) is 24.5 Å². The zero-order valence-corrected chi connectivity index (χ0v) is 4.05. The highest BCUT2D eigenvalue weighted by atomic mass is 16.5. The van der Waals surface area contributed by atoms with E-state index in [1.54, 1.807) is 0 Å². The summed E-state index contributed by atoms with van der Waals surface area (Å²) in [5, 5.41) is 8.24. The molecule has 0 aromatic rings. The van der Waals surface area contributed by atoms with Crippen molar-refractivity contribution in [2.45, 2.75) is 12.5 Å². The van der Waals surface area contributed by atoms with E-state index in [0.717, 1.165) is 13.0 Å². The highest BCUT2D eigenvalue weighted by Crippen LogP contribution is 2.00. The third-order valence-electron chi connectivity index (χ3n) is 1.11. The van der Waals surface area contributed by atoms with Gasteiger partial charge in [0.05, 0.1) is 12.6 Å². The molecule has 1 aliphatic heterocycles. The van der Waals surface area contributed by atoms with Gasteiger partial charge in [0.2, 0.25) is 0 Å². The molecule has 42 valence electrons. The van der Waals surface area contributed by atoms with Crippen molar-refractivity contribution in [2.75, 3.05) is 13.2 Å². The van der Waals surface area contributed by atoms with Crippen LogP contribution < -0.4 is 5.48 Å². The lowest BCUT2D eigenvalue weighted by molar-refractivity contribution is 0.110. The van der Waals surface area contributed by atoms with Crippen molar-refractivity contribution in [3.63, 3.8) is 0 Å². The topological polar surface area (TPSA) is 41.5 Å². The molecule has 2 N–H and O–H groups in total. The van der Waals surface area contributed by atoms with Crippen molar-refractivity contribution in [2.24, 2.45) is 0 Å². The molecule has 0 aromatic carbocycles. The van der Waals surface area contributed by atoms with E-state index in [0.29, 0.717) is 6.61 Å². The molecule has 1 fully saturated rings. The van der Waals surface area contributed by atoms with E-state index in [1.165, 1.54) is 0 Å². The number of hydrogen-bond donors (Lipinski definition) is 2. The predicted molar refractivity (Wildman–Crippen MR) is 24.1 cm³/mol. The Labute approximate surface area is 42.2 Å². The Hall–Kier alpha value is -0.120. The average Bonchev–Trinajstić information content (AvgIpc) is 2.14. The Kier molecular flexibility index (Phi) is 1.62. The summed E-state index contributed by atoms with van der Waals surface area (Å²) in [6.07, 6.45) is 0.927. The lowest BCUT2D eigenvalue weighted by Crippen LogP contribution is -2.25. The van der Waals surface area contributed by atoms with Crippen LogP contribution in [0.5, 0.6) is 0 Å². The number of hydrogen-bond acceptors (Lipinski definition) is 3. The average molecular weight is 103 g/mol. The third kappa shape index (κ3) is 1.12. The molecule has 0 radical (unpaired) electrons. The first-order chi connectivity index (χ1) is 3.43. The van der Waals surface area contributed by atoms with E-state index in [1.807, 2.05) is 0 Å². The van der Waals surface area contributed by atoms with Crippen molar-refractivity contribution in [3.05, 3.63) is 0 Å². The van der Waals surface area contributed by atoms with Crippen molar-refractivity contribution >= 4 is 0 Å². The van der Waals surface area contributed by atoms with E-state index in [-0.39, 0.29) is 6.04 Å². The summed E-state index contributed by atoms with van der Waals surface area (Å²) in [6.45, 7) is 1.43. The first-order valence-corrected chi connectivity index (χ1v) is 2.41. The van der Waals surface area contributed by atoms with Crippen molar-refractivity contribution < 1.29 is 9.94 Å². The zero-order chi connectivity index (χ0) is 5.11. The maximum Gasteiger partial charge on any atom is 0.0643 e. The van der Waals surface area contributed by atoms with Crippen LogP contribution in [0, 0.1) is 0 Å². The SMILES string of the molecule is ONC1CCOC1. The van der Waals surface area contributed by atoms with Crippen molar-refractivity contribution in [1.82, 2.24) is 5.48 Å². The maximum absolute atomic E-state index is 8.24. The Morgan fingerprint density at radius 2 is 2.57 bits per heavy atom. The van der Waals surface area contributed by atoms with Gasteiger partial charge < -0.3 is 9.94 Å². The second-order valence-electron chi connectivity index (χ2n) is 1.69. The minimum absolute atomic E-state index is 0.181. The van der Waals surface area contributed by atoms with Crippen LogP contribution in [0.1, 0.15) is 6.42 Å². The fraction of sp³-hybridized carbons (Fsp3) is 1.00. The molecule has 3 nitrogen and oxygen atoms in total. The van der Waals surface area contributed by atoms with Gasteiger partial charge in [-0.25, -0.2) is 5.48 Å². The van der Waals surface area contributed by atoms with Gasteiger partial charge in [0, 0.05) is 6.61 Å². The van der Waals surface area contributed by atoms with Crippen molar-refractivity contribution in [1.29, 1.82) is 0 Å². The predicted octanol–water partition coefficient (Wildman–Crippen LogP) is -0.246. The van der Waals surface area contributed by atoms with Gasteiger partial charge in [-0.15, -0.1) is 0 Å². The number of nitrogens with one attached hydrogen (secondary N) is 1. The standard InChI is InChI=1S/C4H9NO2/c6-5-4-1-2-7-3-4/h4-6H,1-3H2. The van der Waals surface area contributed by atoms with Gasteiger partial charge in [-0.1, -0.05) is 0 Å². The van der Waals surface area contributed by atoms with Crippen LogP contribution in [0.3, 0.4) is 0 Å². The van der Waals surface area contributed by atoms with Crippen LogP contribution in [0.2, 0.25) is 0 Å². The molecule has 1 saturated heterocycles. The van der Waals surface area contributed by atoms with Crippen LogP contribution in [0.25, 0.3) is 0 Å². The highest BCUT2D eigenvalue weighted by Gasteiger charge is 2.12. The van der Waals surface area contributed by atoms with E-state index < -0.39 is 0 Å². The van der Waals surface area contributed by atoms with Gasteiger partial charge in [-0.05, 0) is 6.42 Å². The Morgan fingerprint density at radius 3 is 2.86 bits per heavy atom. The molecule has 1 unspecified atom stereocenters. The molecule has 1 aliphatic rings. The highest BCUT2D eigenvalue weighted by molar-refractivity contribution is 4.65. The summed E-state index contributed by atoms with van der Waals surface area (Å²) < 4.78 is 4.93. The van der Waals surface area contributed by atoms with Gasteiger partial charge >= 0.3 is 0 Å². The molecular weight excluding hydrogens is 94.0 g/mol. The molecule has 0 spiro atoms. The summed E-state index contributed by atoms with van der Waals surface area (Å²) in [6, 6.07) is 0.181. The summed E-state index contributed by atoms with van der Waals surface area (Å²) in [5.74, 6) is 0. The van der Waals surface area contributed by atoms with Gasteiger partial charge in [0.1, 0.15) is 0 Å². The van der Waals surface area contributed by atoms with Crippen molar-refractivity contribution in [3.8, 4) is 0 Å².